The molecule has 112 valence electrons. The van der Waals surface area contributed by atoms with E-state index in [-0.39, 0.29) is 17.9 Å². The molecule has 0 aliphatic rings. The maximum atomic E-state index is 11.9. The molecule has 0 bridgehead atoms. The molecule has 0 fully saturated rings. The summed E-state index contributed by atoms with van der Waals surface area (Å²) in [6.45, 7) is 3.76. The van der Waals surface area contributed by atoms with Crippen LogP contribution >= 0.6 is 11.8 Å². The van der Waals surface area contributed by atoms with Crippen molar-refractivity contribution in [3.8, 4) is 0 Å². The van der Waals surface area contributed by atoms with Gasteiger partial charge in [-0.1, -0.05) is 13.3 Å². The molecule has 0 spiro atoms. The van der Waals surface area contributed by atoms with Crippen molar-refractivity contribution in [3.05, 3.63) is 0 Å². The molecule has 5 nitrogen and oxygen atoms in total. The molecule has 0 saturated carbocycles. The molecular formula is C13H26N2O3S. The first-order valence-electron chi connectivity index (χ1n) is 6.66. The zero-order valence-corrected chi connectivity index (χ0v) is 12.8. The van der Waals surface area contributed by atoms with Gasteiger partial charge in [0.25, 0.3) is 0 Å². The van der Waals surface area contributed by atoms with E-state index in [0.717, 1.165) is 25.0 Å². The Bertz CT molecular complexity index is 285. The molecule has 0 aromatic rings. The van der Waals surface area contributed by atoms with Gasteiger partial charge < -0.3 is 16.2 Å². The average Bonchev–Trinajstić information content (AvgIpc) is 2.33. The van der Waals surface area contributed by atoms with Crippen LogP contribution < -0.4 is 11.1 Å². The van der Waals surface area contributed by atoms with Gasteiger partial charge in [0, 0.05) is 12.0 Å². The Kier molecular flexibility index (Phi) is 9.69. The van der Waals surface area contributed by atoms with Crippen molar-refractivity contribution in [2.75, 3.05) is 12.0 Å². The molecule has 19 heavy (non-hydrogen) atoms. The molecule has 0 rings (SSSR count). The number of hydrogen-bond donors (Lipinski definition) is 3. The van der Waals surface area contributed by atoms with Crippen molar-refractivity contribution in [2.24, 2.45) is 11.7 Å². The molecule has 4 N–H and O–H groups in total. The Labute approximate surface area is 119 Å². The second kappa shape index (κ2) is 10.1. The Morgan fingerprint density at radius 3 is 2.37 bits per heavy atom. The second-order valence-electron chi connectivity index (χ2n) is 4.99. The van der Waals surface area contributed by atoms with Crippen LogP contribution in [0.15, 0.2) is 0 Å². The molecule has 2 unspecified atom stereocenters. The summed E-state index contributed by atoms with van der Waals surface area (Å²) in [7, 11) is 0. The van der Waals surface area contributed by atoms with Crippen LogP contribution in [0.2, 0.25) is 0 Å². The number of amides is 1. The Hall–Kier alpha value is -0.750. The Morgan fingerprint density at radius 1 is 1.26 bits per heavy atom. The van der Waals surface area contributed by atoms with Crippen molar-refractivity contribution in [3.63, 3.8) is 0 Å². The molecule has 0 aliphatic heterocycles. The standard InChI is InChI=1S/C13H26N2O3S/c1-9(5-4-6-10(2)14)12(16)15-11(13(17)18)7-8-19-3/h9-11H,4-8,14H2,1-3H3,(H,15,16)(H,17,18)/t9?,10?,11-/m0/s1. The zero-order valence-electron chi connectivity index (χ0n) is 12.0. The first-order valence-corrected chi connectivity index (χ1v) is 8.05. The highest BCUT2D eigenvalue weighted by atomic mass is 32.2. The number of nitrogens with one attached hydrogen (secondary N) is 1. The van der Waals surface area contributed by atoms with Gasteiger partial charge in [0.05, 0.1) is 0 Å². The van der Waals surface area contributed by atoms with E-state index in [1.165, 1.54) is 0 Å². The summed E-state index contributed by atoms with van der Waals surface area (Å²) in [6, 6.07) is -0.639. The van der Waals surface area contributed by atoms with Crippen LogP contribution in [0, 0.1) is 5.92 Å². The minimum Gasteiger partial charge on any atom is -0.480 e. The second-order valence-corrected chi connectivity index (χ2v) is 5.98. The molecular weight excluding hydrogens is 264 g/mol. The number of thioether (sulfide) groups is 1. The van der Waals surface area contributed by atoms with Crippen molar-refractivity contribution < 1.29 is 14.7 Å². The lowest BCUT2D eigenvalue weighted by Gasteiger charge is -2.17. The summed E-state index contributed by atoms with van der Waals surface area (Å²) in [4.78, 5) is 22.9. The zero-order chi connectivity index (χ0) is 14.8. The maximum Gasteiger partial charge on any atom is 0.326 e. The van der Waals surface area contributed by atoms with Gasteiger partial charge in [-0.3, -0.25) is 4.79 Å². The fraction of sp³-hybridized carbons (Fsp3) is 0.846. The Morgan fingerprint density at radius 2 is 1.89 bits per heavy atom. The molecule has 3 atom stereocenters. The third-order valence-corrected chi connectivity index (χ3v) is 3.61. The van der Waals surface area contributed by atoms with Crippen LogP contribution in [0.1, 0.15) is 39.5 Å². The van der Waals surface area contributed by atoms with E-state index < -0.39 is 12.0 Å². The first kappa shape index (κ1) is 18.2. The SMILES string of the molecule is CSCC[C@H](NC(=O)C(C)CCCC(C)N)C(=O)O. The molecule has 0 radical (unpaired) electrons. The number of carboxylic acid groups (broad SMARTS) is 1. The maximum absolute atomic E-state index is 11.9. The highest BCUT2D eigenvalue weighted by Gasteiger charge is 2.22. The molecule has 1 amide bonds. The Balaban J connectivity index is 4.12. The van der Waals surface area contributed by atoms with Crippen LogP contribution in [-0.2, 0) is 9.59 Å². The van der Waals surface area contributed by atoms with Crippen molar-refractivity contribution >= 4 is 23.6 Å². The average molecular weight is 290 g/mol. The van der Waals surface area contributed by atoms with E-state index in [1.54, 1.807) is 11.8 Å². The van der Waals surface area contributed by atoms with Gasteiger partial charge in [0.15, 0.2) is 0 Å². The van der Waals surface area contributed by atoms with E-state index in [1.807, 2.05) is 20.1 Å². The predicted octanol–water partition coefficient (Wildman–Crippen LogP) is 1.46. The highest BCUT2D eigenvalue weighted by Crippen LogP contribution is 2.10. The molecule has 0 aromatic heterocycles. The summed E-state index contributed by atoms with van der Waals surface area (Å²) >= 11 is 1.57. The fourth-order valence-electron chi connectivity index (χ4n) is 1.68. The van der Waals surface area contributed by atoms with Crippen molar-refractivity contribution in [2.45, 2.75) is 51.6 Å². The molecule has 0 heterocycles. The highest BCUT2D eigenvalue weighted by molar-refractivity contribution is 7.98. The number of rotatable bonds is 10. The first-order chi connectivity index (χ1) is 8.88. The van der Waals surface area contributed by atoms with Crippen molar-refractivity contribution in [1.29, 1.82) is 0 Å². The number of aliphatic carboxylic acids is 1. The summed E-state index contributed by atoms with van der Waals surface area (Å²) in [5.74, 6) is -0.603. The van der Waals surface area contributed by atoms with E-state index in [2.05, 4.69) is 5.32 Å². The van der Waals surface area contributed by atoms with Crippen LogP contribution in [0.5, 0.6) is 0 Å². The quantitative estimate of drug-likeness (QED) is 0.566. The lowest BCUT2D eigenvalue weighted by molar-refractivity contribution is -0.142. The molecule has 6 heteroatoms. The molecule has 0 aliphatic carbocycles. The van der Waals surface area contributed by atoms with Crippen LogP contribution in [0.4, 0.5) is 0 Å². The lowest BCUT2D eigenvalue weighted by atomic mass is 10.0. The third kappa shape index (κ3) is 8.88. The lowest BCUT2D eigenvalue weighted by Crippen LogP contribution is -2.43. The van der Waals surface area contributed by atoms with Crippen LogP contribution in [0.3, 0.4) is 0 Å². The van der Waals surface area contributed by atoms with Crippen LogP contribution in [-0.4, -0.2) is 41.1 Å². The number of carbonyl (C=O) groups is 2. The van der Waals surface area contributed by atoms with E-state index >= 15 is 0 Å². The number of nitrogens with two attached hydrogens (primary N) is 1. The fourth-order valence-corrected chi connectivity index (χ4v) is 2.16. The summed E-state index contributed by atoms with van der Waals surface area (Å²) in [6.07, 6.45) is 4.87. The number of carbonyl (C=O) groups excluding carboxylic acids is 1. The van der Waals surface area contributed by atoms with E-state index in [0.29, 0.717) is 6.42 Å². The topological polar surface area (TPSA) is 92.4 Å². The van der Waals surface area contributed by atoms with E-state index in [9.17, 15) is 9.59 Å². The molecule has 0 aromatic carbocycles. The summed E-state index contributed by atoms with van der Waals surface area (Å²) in [5, 5.41) is 11.6. The minimum absolute atomic E-state index is 0.142. The largest absolute Gasteiger partial charge is 0.480 e. The predicted molar refractivity (Wildman–Crippen MR) is 79.2 cm³/mol. The minimum atomic E-state index is -0.967. The monoisotopic (exact) mass is 290 g/mol. The van der Waals surface area contributed by atoms with Gasteiger partial charge in [-0.25, -0.2) is 4.79 Å². The molecule has 0 saturated heterocycles. The van der Waals surface area contributed by atoms with Gasteiger partial charge in [0.1, 0.15) is 6.04 Å². The van der Waals surface area contributed by atoms with Gasteiger partial charge in [-0.05, 0) is 38.2 Å². The summed E-state index contributed by atoms with van der Waals surface area (Å²) in [5.41, 5.74) is 5.65. The summed E-state index contributed by atoms with van der Waals surface area (Å²) < 4.78 is 0. The normalized spacial score (nSPS) is 15.6. The smallest absolute Gasteiger partial charge is 0.326 e. The van der Waals surface area contributed by atoms with Crippen molar-refractivity contribution in [1.82, 2.24) is 5.32 Å². The van der Waals surface area contributed by atoms with E-state index in [4.69, 9.17) is 10.8 Å². The number of carboxylic acids is 1. The van der Waals surface area contributed by atoms with Crippen LogP contribution in [0.25, 0.3) is 0 Å². The van der Waals surface area contributed by atoms with Gasteiger partial charge in [0.2, 0.25) is 5.91 Å². The van der Waals surface area contributed by atoms with Gasteiger partial charge in [-0.2, -0.15) is 11.8 Å². The van der Waals surface area contributed by atoms with Gasteiger partial charge in [-0.15, -0.1) is 0 Å². The van der Waals surface area contributed by atoms with Gasteiger partial charge >= 0.3 is 5.97 Å². The number of hydrogen-bond acceptors (Lipinski definition) is 4. The third-order valence-electron chi connectivity index (χ3n) is 2.97.